The third-order valence-electron chi connectivity index (χ3n) is 2.17. The van der Waals surface area contributed by atoms with Crippen molar-refractivity contribution in [1.29, 1.82) is 0 Å². The number of thioether (sulfide) groups is 1. The van der Waals surface area contributed by atoms with Crippen molar-refractivity contribution in [2.75, 3.05) is 32.1 Å². The van der Waals surface area contributed by atoms with Crippen molar-refractivity contribution in [3.63, 3.8) is 0 Å². The summed E-state index contributed by atoms with van der Waals surface area (Å²) in [4.78, 5) is 0. The van der Waals surface area contributed by atoms with Crippen molar-refractivity contribution in [3.05, 3.63) is 0 Å². The van der Waals surface area contributed by atoms with Gasteiger partial charge < -0.3 is 5.73 Å². The van der Waals surface area contributed by atoms with E-state index in [-0.39, 0.29) is 5.54 Å². The Kier molecular flexibility index (Phi) is 3.83. The normalized spacial score (nSPS) is 31.0. The van der Waals surface area contributed by atoms with Gasteiger partial charge in [-0.1, -0.05) is 0 Å². The van der Waals surface area contributed by atoms with E-state index in [0.29, 0.717) is 0 Å². The van der Waals surface area contributed by atoms with Crippen LogP contribution in [0.4, 0.5) is 0 Å². The van der Waals surface area contributed by atoms with Crippen LogP contribution in [-0.2, 0) is 0 Å². The van der Waals surface area contributed by atoms with Gasteiger partial charge in [0.15, 0.2) is 0 Å². The van der Waals surface area contributed by atoms with Crippen molar-refractivity contribution in [2.45, 2.75) is 18.4 Å². The summed E-state index contributed by atoms with van der Waals surface area (Å²) >= 11 is 2.00. The first kappa shape index (κ1) is 10.3. The fourth-order valence-corrected chi connectivity index (χ4v) is 2.83. The predicted octanol–water partition coefficient (Wildman–Crippen LogP) is 0.277. The molecule has 12 heavy (non-hydrogen) atoms. The summed E-state index contributed by atoms with van der Waals surface area (Å²) < 4.78 is 0. The van der Waals surface area contributed by atoms with Gasteiger partial charge in [0, 0.05) is 26.4 Å². The Bertz CT molecular complexity index is 132. The van der Waals surface area contributed by atoms with E-state index in [9.17, 15) is 0 Å². The molecular weight excluding hydrogens is 170 g/mol. The molecule has 0 aliphatic carbocycles. The van der Waals surface area contributed by atoms with Crippen LogP contribution in [0, 0.1) is 0 Å². The minimum absolute atomic E-state index is 0.159. The van der Waals surface area contributed by atoms with Gasteiger partial charge in [-0.15, -0.1) is 0 Å². The first-order valence-corrected chi connectivity index (χ1v) is 5.57. The first-order valence-electron chi connectivity index (χ1n) is 4.41. The fourth-order valence-electron chi connectivity index (χ4n) is 1.62. The number of nitrogens with zero attached hydrogens (tertiary/aromatic N) is 1. The molecule has 1 unspecified atom stereocenters. The smallest absolute Gasteiger partial charge is 0.0538 e. The molecule has 3 nitrogen and oxygen atoms in total. The fraction of sp³-hybridized carbons (Fsp3) is 1.00. The maximum absolute atomic E-state index is 5.78. The molecule has 1 fully saturated rings. The SMILES string of the molecule is CN(C)NC1(CN)CCCSC1. The zero-order valence-corrected chi connectivity index (χ0v) is 8.78. The van der Waals surface area contributed by atoms with Gasteiger partial charge in [-0.05, 0) is 18.6 Å². The molecule has 0 aromatic heterocycles. The van der Waals surface area contributed by atoms with Crippen molar-refractivity contribution >= 4 is 11.8 Å². The maximum Gasteiger partial charge on any atom is 0.0538 e. The molecular formula is C8H19N3S. The molecule has 0 aromatic carbocycles. The van der Waals surface area contributed by atoms with Crippen molar-refractivity contribution < 1.29 is 0 Å². The average Bonchev–Trinajstić information content (AvgIpc) is 2.05. The van der Waals surface area contributed by atoms with Gasteiger partial charge >= 0.3 is 0 Å². The maximum atomic E-state index is 5.78. The lowest BCUT2D eigenvalue weighted by Gasteiger charge is -2.38. The van der Waals surface area contributed by atoms with Crippen molar-refractivity contribution in [3.8, 4) is 0 Å². The van der Waals surface area contributed by atoms with E-state index in [1.807, 2.05) is 30.9 Å². The van der Waals surface area contributed by atoms with E-state index in [0.717, 1.165) is 12.3 Å². The highest BCUT2D eigenvalue weighted by Crippen LogP contribution is 2.25. The minimum atomic E-state index is 0.159. The Morgan fingerprint density at radius 3 is 2.75 bits per heavy atom. The largest absolute Gasteiger partial charge is 0.329 e. The van der Waals surface area contributed by atoms with E-state index in [2.05, 4.69) is 5.43 Å². The van der Waals surface area contributed by atoms with Crippen molar-refractivity contribution in [1.82, 2.24) is 10.4 Å². The molecule has 0 bridgehead atoms. The highest BCUT2D eigenvalue weighted by molar-refractivity contribution is 7.99. The number of hydrogen-bond acceptors (Lipinski definition) is 4. The number of nitrogens with one attached hydrogen (secondary N) is 1. The third-order valence-corrected chi connectivity index (χ3v) is 3.51. The Morgan fingerprint density at radius 1 is 1.58 bits per heavy atom. The monoisotopic (exact) mass is 189 g/mol. The quantitative estimate of drug-likeness (QED) is 0.626. The minimum Gasteiger partial charge on any atom is -0.329 e. The Hall–Kier alpha value is 0.230. The summed E-state index contributed by atoms with van der Waals surface area (Å²) in [5, 5.41) is 2.01. The van der Waals surface area contributed by atoms with E-state index in [4.69, 9.17) is 5.73 Å². The molecule has 1 atom stereocenters. The Balaban J connectivity index is 2.48. The van der Waals surface area contributed by atoms with Crippen LogP contribution in [0.3, 0.4) is 0 Å². The number of nitrogens with two attached hydrogens (primary N) is 1. The number of hydrazine groups is 1. The molecule has 1 rings (SSSR count). The molecule has 3 N–H and O–H groups in total. The molecule has 72 valence electrons. The van der Waals surface area contributed by atoms with Gasteiger partial charge in [0.25, 0.3) is 0 Å². The summed E-state index contributed by atoms with van der Waals surface area (Å²) in [5.41, 5.74) is 9.38. The summed E-state index contributed by atoms with van der Waals surface area (Å²) in [7, 11) is 4.05. The second-order valence-electron chi connectivity index (χ2n) is 3.65. The summed E-state index contributed by atoms with van der Waals surface area (Å²) in [5.74, 6) is 2.43. The van der Waals surface area contributed by atoms with Gasteiger partial charge in [0.1, 0.15) is 0 Å². The van der Waals surface area contributed by atoms with Gasteiger partial charge in [-0.2, -0.15) is 11.8 Å². The van der Waals surface area contributed by atoms with Gasteiger partial charge in [-0.3, -0.25) is 5.01 Å². The summed E-state index contributed by atoms with van der Waals surface area (Å²) in [6.07, 6.45) is 2.48. The van der Waals surface area contributed by atoms with Crippen LogP contribution in [0.1, 0.15) is 12.8 Å². The van der Waals surface area contributed by atoms with E-state index >= 15 is 0 Å². The molecule has 1 aliphatic heterocycles. The lowest BCUT2D eigenvalue weighted by atomic mass is 9.96. The summed E-state index contributed by atoms with van der Waals surface area (Å²) in [6.45, 7) is 0.734. The van der Waals surface area contributed by atoms with Crippen molar-refractivity contribution in [2.24, 2.45) is 5.73 Å². The molecule has 1 saturated heterocycles. The van der Waals surface area contributed by atoms with E-state index in [1.54, 1.807) is 0 Å². The third kappa shape index (κ3) is 2.62. The van der Waals surface area contributed by atoms with Crippen LogP contribution in [0.5, 0.6) is 0 Å². The first-order chi connectivity index (χ1) is 5.68. The van der Waals surface area contributed by atoms with Crippen LogP contribution in [-0.4, -0.2) is 42.7 Å². The molecule has 1 aliphatic rings. The molecule has 0 spiro atoms. The molecule has 1 heterocycles. The number of hydrogen-bond donors (Lipinski definition) is 2. The molecule has 0 amide bonds. The average molecular weight is 189 g/mol. The van der Waals surface area contributed by atoms with Crippen LogP contribution in [0.25, 0.3) is 0 Å². The van der Waals surface area contributed by atoms with Crippen LogP contribution < -0.4 is 11.2 Å². The molecule has 0 radical (unpaired) electrons. The van der Waals surface area contributed by atoms with Crippen LogP contribution >= 0.6 is 11.8 Å². The number of rotatable bonds is 3. The molecule has 0 aromatic rings. The molecule has 0 saturated carbocycles. The zero-order valence-electron chi connectivity index (χ0n) is 7.97. The molecule has 4 heteroatoms. The van der Waals surface area contributed by atoms with E-state index in [1.165, 1.54) is 18.6 Å². The van der Waals surface area contributed by atoms with E-state index < -0.39 is 0 Å². The van der Waals surface area contributed by atoms with Gasteiger partial charge in [0.2, 0.25) is 0 Å². The Morgan fingerprint density at radius 2 is 2.33 bits per heavy atom. The topological polar surface area (TPSA) is 41.3 Å². The van der Waals surface area contributed by atoms with Crippen LogP contribution in [0.15, 0.2) is 0 Å². The van der Waals surface area contributed by atoms with Gasteiger partial charge in [0.05, 0.1) is 5.54 Å². The predicted molar refractivity (Wildman–Crippen MR) is 55.2 cm³/mol. The highest BCUT2D eigenvalue weighted by Gasteiger charge is 2.31. The lowest BCUT2D eigenvalue weighted by Crippen LogP contribution is -2.59. The van der Waals surface area contributed by atoms with Crippen LogP contribution in [0.2, 0.25) is 0 Å². The Labute approximate surface area is 79.0 Å². The lowest BCUT2D eigenvalue weighted by molar-refractivity contribution is 0.168. The second-order valence-corrected chi connectivity index (χ2v) is 4.75. The summed E-state index contributed by atoms with van der Waals surface area (Å²) in [6, 6.07) is 0. The zero-order chi connectivity index (χ0) is 9.03. The highest BCUT2D eigenvalue weighted by atomic mass is 32.2. The second kappa shape index (κ2) is 4.46. The van der Waals surface area contributed by atoms with Gasteiger partial charge in [-0.25, -0.2) is 5.43 Å². The standard InChI is InChI=1S/C8H19N3S/c1-11(2)10-8(6-9)4-3-5-12-7-8/h10H,3-7,9H2,1-2H3.